The normalized spacial score (nSPS) is 13.3. The van der Waals surface area contributed by atoms with Crippen LogP contribution in [0.25, 0.3) is 0 Å². The number of halogens is 2. The summed E-state index contributed by atoms with van der Waals surface area (Å²) in [7, 11) is 0. The smallest absolute Gasteiger partial charge is 0.179 e. The Bertz CT molecular complexity index is 637. The van der Waals surface area contributed by atoms with Crippen LogP contribution in [0.15, 0.2) is 35.5 Å². The van der Waals surface area contributed by atoms with E-state index in [0.717, 1.165) is 10.6 Å². The van der Waals surface area contributed by atoms with Crippen LogP contribution in [-0.4, -0.2) is 18.2 Å². The van der Waals surface area contributed by atoms with Crippen LogP contribution in [0.5, 0.6) is 11.5 Å². The van der Waals surface area contributed by atoms with Crippen molar-refractivity contribution in [2.75, 3.05) is 13.2 Å². The first-order chi connectivity index (χ1) is 9.74. The molecule has 0 aliphatic carbocycles. The zero-order chi connectivity index (χ0) is 13.9. The van der Waals surface area contributed by atoms with Gasteiger partial charge in [0.1, 0.15) is 18.2 Å². The van der Waals surface area contributed by atoms with Gasteiger partial charge in [0.05, 0.1) is 10.0 Å². The minimum absolute atomic E-state index is 0.532. The highest BCUT2D eigenvalue weighted by molar-refractivity contribution is 7.98. The molecule has 2 aromatic rings. The maximum Gasteiger partial charge on any atom is 0.179 e. The van der Waals surface area contributed by atoms with Gasteiger partial charge in [0.15, 0.2) is 11.5 Å². The van der Waals surface area contributed by atoms with E-state index < -0.39 is 0 Å². The van der Waals surface area contributed by atoms with Crippen LogP contribution in [-0.2, 0) is 5.75 Å². The van der Waals surface area contributed by atoms with Gasteiger partial charge >= 0.3 is 0 Å². The molecule has 0 unspecified atom stereocenters. The maximum absolute atomic E-state index is 6.20. The molecule has 1 aliphatic heterocycles. The van der Waals surface area contributed by atoms with Crippen molar-refractivity contribution in [3.8, 4) is 11.5 Å². The minimum atomic E-state index is 0.532. The maximum atomic E-state index is 6.20. The summed E-state index contributed by atoms with van der Waals surface area (Å²) < 4.78 is 11.1. The summed E-state index contributed by atoms with van der Waals surface area (Å²) in [6.45, 7) is 1.08. The topological polar surface area (TPSA) is 31.4 Å². The summed E-state index contributed by atoms with van der Waals surface area (Å²) in [5, 5.41) is 2.03. The van der Waals surface area contributed by atoms with Crippen molar-refractivity contribution in [1.82, 2.24) is 4.98 Å². The number of fused-ring (bicyclic) bond motifs is 1. The van der Waals surface area contributed by atoms with E-state index in [4.69, 9.17) is 32.7 Å². The van der Waals surface area contributed by atoms with E-state index in [-0.39, 0.29) is 0 Å². The summed E-state index contributed by atoms with van der Waals surface area (Å²) >= 11 is 13.8. The number of pyridine rings is 1. The number of rotatable bonds is 3. The highest BCUT2D eigenvalue weighted by atomic mass is 35.5. The first-order valence-corrected chi connectivity index (χ1v) is 7.79. The van der Waals surface area contributed by atoms with Gasteiger partial charge in [0.25, 0.3) is 0 Å². The lowest BCUT2D eigenvalue weighted by Gasteiger charge is -2.20. The number of ether oxygens (including phenoxy) is 2. The summed E-state index contributed by atoms with van der Waals surface area (Å²) in [5.41, 5.74) is 1.05. The molecule has 3 rings (SSSR count). The molecule has 0 bridgehead atoms. The second kappa shape index (κ2) is 6.12. The summed E-state index contributed by atoms with van der Waals surface area (Å²) in [4.78, 5) is 4.25. The fraction of sp³-hybridized carbons (Fsp3) is 0.214. The minimum Gasteiger partial charge on any atom is -0.486 e. The molecule has 1 aromatic carbocycles. The molecule has 1 aliphatic rings. The van der Waals surface area contributed by atoms with E-state index in [1.165, 1.54) is 0 Å². The fourth-order valence-corrected chi connectivity index (χ4v) is 3.26. The predicted molar refractivity (Wildman–Crippen MR) is 81.3 cm³/mol. The SMILES string of the molecule is Clc1cccnc1SCc1cc(Cl)c2c(c1)OCCO2. The fourth-order valence-electron chi connectivity index (χ4n) is 1.88. The summed E-state index contributed by atoms with van der Waals surface area (Å²) in [6.07, 6.45) is 1.73. The van der Waals surface area contributed by atoms with E-state index in [2.05, 4.69) is 4.98 Å². The van der Waals surface area contributed by atoms with Crippen LogP contribution < -0.4 is 9.47 Å². The van der Waals surface area contributed by atoms with Gasteiger partial charge in [-0.2, -0.15) is 0 Å². The Balaban J connectivity index is 1.78. The molecule has 2 heterocycles. The van der Waals surface area contributed by atoms with Crippen molar-refractivity contribution in [1.29, 1.82) is 0 Å². The van der Waals surface area contributed by atoms with Crippen molar-refractivity contribution >= 4 is 35.0 Å². The third-order valence-electron chi connectivity index (χ3n) is 2.76. The number of aromatic nitrogens is 1. The van der Waals surface area contributed by atoms with Crippen LogP contribution in [0.1, 0.15) is 5.56 Å². The molecule has 6 heteroatoms. The van der Waals surface area contributed by atoms with E-state index in [1.54, 1.807) is 18.0 Å². The molecule has 0 spiro atoms. The van der Waals surface area contributed by atoms with Crippen molar-refractivity contribution in [2.45, 2.75) is 10.8 Å². The van der Waals surface area contributed by atoms with Crippen LogP contribution in [0.4, 0.5) is 0 Å². The Morgan fingerprint density at radius 2 is 2.00 bits per heavy atom. The molecule has 0 N–H and O–H groups in total. The molecule has 0 fully saturated rings. The zero-order valence-corrected chi connectivity index (χ0v) is 12.8. The number of thioether (sulfide) groups is 1. The molecule has 3 nitrogen and oxygen atoms in total. The number of hydrogen-bond donors (Lipinski definition) is 0. The molecule has 0 saturated carbocycles. The van der Waals surface area contributed by atoms with Crippen LogP contribution in [0, 0.1) is 0 Å². The summed E-state index contributed by atoms with van der Waals surface area (Å²) in [5.74, 6) is 2.04. The first kappa shape index (κ1) is 13.9. The lowest BCUT2D eigenvalue weighted by atomic mass is 10.2. The Morgan fingerprint density at radius 3 is 2.85 bits per heavy atom. The number of hydrogen-bond acceptors (Lipinski definition) is 4. The van der Waals surface area contributed by atoms with Gasteiger partial charge in [-0.25, -0.2) is 4.98 Å². The van der Waals surface area contributed by atoms with Crippen molar-refractivity contribution in [3.63, 3.8) is 0 Å². The van der Waals surface area contributed by atoms with Gasteiger partial charge in [-0.3, -0.25) is 0 Å². The third-order valence-corrected chi connectivity index (χ3v) is 4.53. The van der Waals surface area contributed by atoms with Gasteiger partial charge in [-0.15, -0.1) is 11.8 Å². The second-order valence-corrected chi connectivity index (χ2v) is 5.96. The lowest BCUT2D eigenvalue weighted by Crippen LogP contribution is -2.15. The predicted octanol–water partition coefficient (Wildman–Crippen LogP) is 4.45. The van der Waals surface area contributed by atoms with Crippen LogP contribution >= 0.6 is 35.0 Å². The molecule has 1 aromatic heterocycles. The zero-order valence-electron chi connectivity index (χ0n) is 10.4. The van der Waals surface area contributed by atoms with Gasteiger partial charge < -0.3 is 9.47 Å². The quantitative estimate of drug-likeness (QED) is 0.779. The molecular formula is C14H11Cl2NO2S. The highest BCUT2D eigenvalue weighted by Gasteiger charge is 2.16. The van der Waals surface area contributed by atoms with Crippen molar-refractivity contribution in [2.24, 2.45) is 0 Å². The Kier molecular flexibility index (Phi) is 4.24. The van der Waals surface area contributed by atoms with Gasteiger partial charge in [0, 0.05) is 11.9 Å². The van der Waals surface area contributed by atoms with Crippen molar-refractivity contribution < 1.29 is 9.47 Å². The molecule has 0 radical (unpaired) electrons. The van der Waals surface area contributed by atoms with Crippen molar-refractivity contribution in [3.05, 3.63) is 46.1 Å². The molecular weight excluding hydrogens is 317 g/mol. The number of benzene rings is 1. The second-order valence-electron chi connectivity index (χ2n) is 4.18. The molecule has 0 atom stereocenters. The van der Waals surface area contributed by atoms with E-state index >= 15 is 0 Å². The van der Waals surface area contributed by atoms with E-state index in [0.29, 0.717) is 40.5 Å². The molecule has 0 saturated heterocycles. The van der Waals surface area contributed by atoms with Crippen LogP contribution in [0.2, 0.25) is 10.0 Å². The number of nitrogens with zero attached hydrogens (tertiary/aromatic N) is 1. The van der Waals surface area contributed by atoms with Gasteiger partial charge in [-0.1, -0.05) is 23.2 Å². The summed E-state index contributed by atoms with van der Waals surface area (Å²) in [6, 6.07) is 7.48. The standard InChI is InChI=1S/C14H11Cl2NO2S/c15-10-2-1-3-17-14(10)20-8-9-6-11(16)13-12(7-9)18-4-5-19-13/h1-3,6-7H,4-5,8H2. The lowest BCUT2D eigenvalue weighted by molar-refractivity contribution is 0.171. The van der Waals surface area contributed by atoms with Gasteiger partial charge in [0.2, 0.25) is 0 Å². The average molecular weight is 328 g/mol. The Hall–Kier alpha value is -1.10. The Labute approximate surface area is 131 Å². The molecule has 104 valence electrons. The first-order valence-electron chi connectivity index (χ1n) is 6.05. The van der Waals surface area contributed by atoms with E-state index in [1.807, 2.05) is 24.3 Å². The molecule has 20 heavy (non-hydrogen) atoms. The largest absolute Gasteiger partial charge is 0.486 e. The average Bonchev–Trinajstić information content (AvgIpc) is 2.46. The monoisotopic (exact) mass is 327 g/mol. The van der Waals surface area contributed by atoms with E-state index in [9.17, 15) is 0 Å². The van der Waals surface area contributed by atoms with Gasteiger partial charge in [-0.05, 0) is 29.8 Å². The van der Waals surface area contributed by atoms with Crippen LogP contribution in [0.3, 0.4) is 0 Å². The third kappa shape index (κ3) is 2.97. The highest BCUT2D eigenvalue weighted by Crippen LogP contribution is 2.39. The molecule has 0 amide bonds. The Morgan fingerprint density at radius 1 is 1.15 bits per heavy atom.